The van der Waals surface area contributed by atoms with Crippen LogP contribution in [0.5, 0.6) is 0 Å². The molecule has 4 heterocycles. The zero-order chi connectivity index (χ0) is 16.5. The van der Waals surface area contributed by atoms with Crippen LogP contribution in [0.4, 0.5) is 0 Å². The number of aromatic nitrogens is 5. The first-order valence-electron chi connectivity index (χ1n) is 8.08. The molecule has 0 radical (unpaired) electrons. The monoisotopic (exact) mass is 322 g/mol. The number of amides is 1. The average Bonchev–Trinajstić information content (AvgIpc) is 3.05. The van der Waals surface area contributed by atoms with E-state index in [-0.39, 0.29) is 11.8 Å². The van der Waals surface area contributed by atoms with Crippen molar-refractivity contribution in [3.05, 3.63) is 54.0 Å². The van der Waals surface area contributed by atoms with E-state index in [9.17, 15) is 4.79 Å². The smallest absolute Gasteiger partial charge is 0.259 e. The van der Waals surface area contributed by atoms with Crippen LogP contribution >= 0.6 is 0 Å². The second kappa shape index (κ2) is 5.99. The van der Waals surface area contributed by atoms with Gasteiger partial charge < -0.3 is 4.90 Å². The van der Waals surface area contributed by atoms with Crippen molar-refractivity contribution in [3.63, 3.8) is 0 Å². The SMILES string of the molecule is Cc1cncc([C@H]2CCCN(C(=O)c3cnn4cccnc34)C2)n1. The van der Waals surface area contributed by atoms with Gasteiger partial charge >= 0.3 is 0 Å². The molecule has 0 spiro atoms. The van der Waals surface area contributed by atoms with E-state index >= 15 is 0 Å². The number of rotatable bonds is 2. The van der Waals surface area contributed by atoms with E-state index in [0.29, 0.717) is 17.8 Å². The third-order valence-corrected chi connectivity index (χ3v) is 4.41. The maximum absolute atomic E-state index is 12.9. The molecular formula is C17H18N6O. The second-order valence-electron chi connectivity index (χ2n) is 6.12. The largest absolute Gasteiger partial charge is 0.338 e. The maximum atomic E-state index is 12.9. The van der Waals surface area contributed by atoms with Crippen molar-refractivity contribution in [2.75, 3.05) is 13.1 Å². The van der Waals surface area contributed by atoms with Gasteiger partial charge in [-0.1, -0.05) is 0 Å². The number of carbonyl (C=O) groups is 1. The van der Waals surface area contributed by atoms with E-state index in [1.54, 1.807) is 35.4 Å². The Morgan fingerprint density at radius 1 is 1.29 bits per heavy atom. The number of nitrogens with zero attached hydrogens (tertiary/aromatic N) is 6. The van der Waals surface area contributed by atoms with Gasteiger partial charge in [-0.15, -0.1) is 0 Å². The number of piperidine rings is 1. The van der Waals surface area contributed by atoms with Gasteiger partial charge in [0.15, 0.2) is 5.65 Å². The van der Waals surface area contributed by atoms with Gasteiger partial charge in [-0.2, -0.15) is 5.10 Å². The van der Waals surface area contributed by atoms with Gasteiger partial charge in [-0.3, -0.25) is 14.8 Å². The van der Waals surface area contributed by atoms with Crippen molar-refractivity contribution >= 4 is 11.6 Å². The summed E-state index contributed by atoms with van der Waals surface area (Å²) in [6.07, 6.45) is 10.6. The molecule has 0 unspecified atom stereocenters. The minimum Gasteiger partial charge on any atom is -0.338 e. The van der Waals surface area contributed by atoms with Crippen LogP contribution < -0.4 is 0 Å². The van der Waals surface area contributed by atoms with E-state index in [4.69, 9.17) is 0 Å². The molecule has 0 bridgehead atoms. The predicted octanol–water partition coefficient (Wildman–Crippen LogP) is 1.85. The third kappa shape index (κ3) is 2.62. The molecular weight excluding hydrogens is 304 g/mol. The molecule has 3 aromatic rings. The number of fused-ring (bicyclic) bond motifs is 1. The fourth-order valence-corrected chi connectivity index (χ4v) is 3.23. The van der Waals surface area contributed by atoms with Gasteiger partial charge in [0.05, 0.1) is 17.6 Å². The molecule has 0 aliphatic carbocycles. The van der Waals surface area contributed by atoms with E-state index in [2.05, 4.69) is 20.1 Å². The van der Waals surface area contributed by atoms with Gasteiger partial charge in [0.2, 0.25) is 0 Å². The van der Waals surface area contributed by atoms with Crippen molar-refractivity contribution in [1.29, 1.82) is 0 Å². The lowest BCUT2D eigenvalue weighted by Gasteiger charge is -2.32. The molecule has 1 fully saturated rings. The summed E-state index contributed by atoms with van der Waals surface area (Å²) in [6.45, 7) is 3.34. The Balaban J connectivity index is 1.58. The molecule has 1 saturated heterocycles. The van der Waals surface area contributed by atoms with Crippen LogP contribution in [0.25, 0.3) is 5.65 Å². The number of carbonyl (C=O) groups excluding carboxylic acids is 1. The average molecular weight is 322 g/mol. The third-order valence-electron chi connectivity index (χ3n) is 4.41. The van der Waals surface area contributed by atoms with E-state index in [0.717, 1.165) is 30.8 Å². The van der Waals surface area contributed by atoms with Crippen LogP contribution in [0.1, 0.15) is 40.5 Å². The highest BCUT2D eigenvalue weighted by atomic mass is 16.2. The lowest BCUT2D eigenvalue weighted by molar-refractivity contribution is 0.0707. The van der Waals surface area contributed by atoms with Gasteiger partial charge in [0.1, 0.15) is 5.56 Å². The van der Waals surface area contributed by atoms with E-state index < -0.39 is 0 Å². The molecule has 1 amide bonds. The lowest BCUT2D eigenvalue weighted by Crippen LogP contribution is -2.39. The second-order valence-corrected chi connectivity index (χ2v) is 6.12. The number of likely N-dealkylation sites (tertiary alicyclic amines) is 1. The fraction of sp³-hybridized carbons (Fsp3) is 0.353. The van der Waals surface area contributed by atoms with Crippen molar-refractivity contribution < 1.29 is 4.79 Å². The molecule has 122 valence electrons. The van der Waals surface area contributed by atoms with Crippen molar-refractivity contribution in [2.24, 2.45) is 0 Å². The molecule has 1 aliphatic rings. The maximum Gasteiger partial charge on any atom is 0.259 e. The van der Waals surface area contributed by atoms with Crippen LogP contribution in [-0.4, -0.2) is 48.5 Å². The summed E-state index contributed by atoms with van der Waals surface area (Å²) in [5, 5.41) is 4.21. The van der Waals surface area contributed by atoms with E-state index in [1.165, 1.54) is 0 Å². The first-order valence-corrected chi connectivity index (χ1v) is 8.08. The molecule has 7 heteroatoms. The highest BCUT2D eigenvalue weighted by Crippen LogP contribution is 2.26. The molecule has 7 nitrogen and oxygen atoms in total. The van der Waals surface area contributed by atoms with Crippen molar-refractivity contribution in [3.8, 4) is 0 Å². The zero-order valence-electron chi connectivity index (χ0n) is 13.5. The van der Waals surface area contributed by atoms with Crippen molar-refractivity contribution in [2.45, 2.75) is 25.7 Å². The summed E-state index contributed by atoms with van der Waals surface area (Å²) >= 11 is 0. The quantitative estimate of drug-likeness (QED) is 0.719. The highest BCUT2D eigenvalue weighted by Gasteiger charge is 2.28. The zero-order valence-corrected chi connectivity index (χ0v) is 13.5. The molecule has 0 N–H and O–H groups in total. The summed E-state index contributed by atoms with van der Waals surface area (Å²) in [5.41, 5.74) is 3.01. The number of aryl methyl sites for hydroxylation is 1. The van der Waals surface area contributed by atoms with Crippen LogP contribution in [0, 0.1) is 6.92 Å². The van der Waals surface area contributed by atoms with Gasteiger partial charge in [0.25, 0.3) is 5.91 Å². The minimum atomic E-state index is -0.0194. The Morgan fingerprint density at radius 3 is 3.08 bits per heavy atom. The first-order chi connectivity index (χ1) is 11.7. The lowest BCUT2D eigenvalue weighted by atomic mass is 9.94. The van der Waals surface area contributed by atoms with Crippen LogP contribution in [0.3, 0.4) is 0 Å². The van der Waals surface area contributed by atoms with Gasteiger partial charge in [-0.25, -0.2) is 9.50 Å². The molecule has 4 rings (SSSR count). The molecule has 0 aromatic carbocycles. The molecule has 0 saturated carbocycles. The minimum absolute atomic E-state index is 0.0194. The molecule has 24 heavy (non-hydrogen) atoms. The van der Waals surface area contributed by atoms with Crippen LogP contribution in [-0.2, 0) is 0 Å². The number of hydrogen-bond acceptors (Lipinski definition) is 5. The fourth-order valence-electron chi connectivity index (χ4n) is 3.23. The predicted molar refractivity (Wildman–Crippen MR) is 87.6 cm³/mol. The molecule has 3 aromatic heterocycles. The Bertz CT molecular complexity index is 889. The van der Waals surface area contributed by atoms with E-state index in [1.807, 2.05) is 18.0 Å². The van der Waals surface area contributed by atoms with Crippen LogP contribution in [0.15, 0.2) is 37.1 Å². The normalized spacial score (nSPS) is 18.0. The molecule has 1 atom stereocenters. The van der Waals surface area contributed by atoms with Crippen molar-refractivity contribution in [1.82, 2.24) is 29.5 Å². The topological polar surface area (TPSA) is 76.3 Å². The summed E-state index contributed by atoms with van der Waals surface area (Å²) in [6, 6.07) is 1.79. The van der Waals surface area contributed by atoms with Crippen LogP contribution in [0.2, 0.25) is 0 Å². The van der Waals surface area contributed by atoms with Gasteiger partial charge in [0, 0.05) is 43.8 Å². The Morgan fingerprint density at radius 2 is 2.21 bits per heavy atom. The summed E-state index contributed by atoms with van der Waals surface area (Å²) in [7, 11) is 0. The standard InChI is InChI=1S/C17H18N6O/c1-12-8-18-10-15(21-12)13-4-2-6-22(11-13)17(24)14-9-20-23-7-3-5-19-16(14)23/h3,5,7-10,13H,2,4,6,11H2,1H3/t13-/m0/s1. The summed E-state index contributed by atoms with van der Waals surface area (Å²) < 4.78 is 1.63. The molecule has 1 aliphatic heterocycles. The summed E-state index contributed by atoms with van der Waals surface area (Å²) in [4.78, 5) is 27.9. The summed E-state index contributed by atoms with van der Waals surface area (Å²) in [5.74, 6) is 0.207. The Kier molecular flexibility index (Phi) is 3.68. The number of hydrogen-bond donors (Lipinski definition) is 0. The highest BCUT2D eigenvalue weighted by molar-refractivity contribution is 5.99. The Hall–Kier alpha value is -2.83. The Labute approximate surface area is 139 Å². The van der Waals surface area contributed by atoms with Gasteiger partial charge in [-0.05, 0) is 25.8 Å². The first kappa shape index (κ1) is 14.7.